The Kier molecular flexibility index (Phi) is 6.20. The zero-order valence-electron chi connectivity index (χ0n) is 9.51. The highest BCUT2D eigenvalue weighted by molar-refractivity contribution is 4.71. The minimum absolute atomic E-state index is 0.0883. The second-order valence-corrected chi connectivity index (χ2v) is 4.08. The van der Waals surface area contributed by atoms with Gasteiger partial charge in [-0.2, -0.15) is 13.2 Å². The molecule has 1 atom stereocenters. The number of aliphatic hydroxyl groups excluding tert-OH is 1. The molecule has 0 rings (SSSR count). The van der Waals surface area contributed by atoms with Crippen molar-refractivity contribution in [3.8, 4) is 0 Å². The van der Waals surface area contributed by atoms with Crippen molar-refractivity contribution in [3.05, 3.63) is 0 Å². The second kappa shape index (κ2) is 6.33. The summed E-state index contributed by atoms with van der Waals surface area (Å²) in [5.41, 5.74) is 0. The van der Waals surface area contributed by atoms with Crippen LogP contribution in [0.5, 0.6) is 0 Å². The first-order valence-corrected chi connectivity index (χ1v) is 5.25. The Morgan fingerprint density at radius 2 is 1.80 bits per heavy atom. The van der Waals surface area contributed by atoms with Crippen LogP contribution in [0.25, 0.3) is 0 Å². The minimum Gasteiger partial charge on any atom is -0.392 e. The summed E-state index contributed by atoms with van der Waals surface area (Å²) < 4.78 is 36.5. The highest BCUT2D eigenvalue weighted by Gasteiger charge is 2.32. The molecular formula is C10H20F3NO. The molecule has 0 aliphatic carbocycles. The Morgan fingerprint density at radius 3 is 2.13 bits per heavy atom. The van der Waals surface area contributed by atoms with Gasteiger partial charge in [0.05, 0.1) is 12.6 Å². The predicted octanol–water partition coefficient (Wildman–Crippen LogP) is 2.42. The summed E-state index contributed by atoms with van der Waals surface area (Å²) in [5, 5.41) is 9.46. The molecule has 0 aromatic carbocycles. The molecule has 0 amide bonds. The molecule has 15 heavy (non-hydrogen) atoms. The summed E-state index contributed by atoms with van der Waals surface area (Å²) in [6.45, 7) is 4.43. The predicted molar refractivity (Wildman–Crippen MR) is 53.7 cm³/mol. The van der Waals surface area contributed by atoms with Crippen LogP contribution in [-0.2, 0) is 0 Å². The Balaban J connectivity index is 4.16. The van der Waals surface area contributed by atoms with E-state index < -0.39 is 18.8 Å². The van der Waals surface area contributed by atoms with Crippen LogP contribution in [0, 0.1) is 0 Å². The smallest absolute Gasteiger partial charge is 0.392 e. The average Bonchev–Trinajstić information content (AvgIpc) is 2.00. The molecule has 0 aliphatic heterocycles. The van der Waals surface area contributed by atoms with Crippen LogP contribution in [0.1, 0.15) is 33.6 Å². The van der Waals surface area contributed by atoms with E-state index in [9.17, 15) is 18.3 Å². The molecule has 0 radical (unpaired) electrons. The number of hydrogen-bond acceptors (Lipinski definition) is 2. The molecule has 0 saturated carbocycles. The number of aliphatic hydroxyl groups is 1. The normalized spacial score (nSPS) is 15.0. The second-order valence-electron chi connectivity index (χ2n) is 4.08. The molecule has 0 aromatic heterocycles. The SMILES string of the molecule is CCCC(O)CN(CC(F)(F)F)C(C)C. The number of halogens is 3. The lowest BCUT2D eigenvalue weighted by molar-refractivity contribution is -0.152. The van der Waals surface area contributed by atoms with E-state index in [4.69, 9.17) is 0 Å². The van der Waals surface area contributed by atoms with E-state index in [2.05, 4.69) is 0 Å². The maximum Gasteiger partial charge on any atom is 0.401 e. The highest BCUT2D eigenvalue weighted by atomic mass is 19.4. The monoisotopic (exact) mass is 227 g/mol. The van der Waals surface area contributed by atoms with E-state index in [-0.39, 0.29) is 12.6 Å². The summed E-state index contributed by atoms with van der Waals surface area (Å²) in [5.74, 6) is 0. The van der Waals surface area contributed by atoms with Gasteiger partial charge in [-0.15, -0.1) is 0 Å². The van der Waals surface area contributed by atoms with Gasteiger partial charge in [0.25, 0.3) is 0 Å². The van der Waals surface area contributed by atoms with Crippen molar-refractivity contribution in [2.45, 2.75) is 51.9 Å². The van der Waals surface area contributed by atoms with E-state index >= 15 is 0 Å². The van der Waals surface area contributed by atoms with Gasteiger partial charge in [0, 0.05) is 12.6 Å². The fourth-order valence-electron chi connectivity index (χ4n) is 1.38. The fourth-order valence-corrected chi connectivity index (χ4v) is 1.38. The first-order chi connectivity index (χ1) is 6.76. The summed E-state index contributed by atoms with van der Waals surface area (Å²) in [7, 11) is 0. The summed E-state index contributed by atoms with van der Waals surface area (Å²) in [6.07, 6.45) is -3.55. The van der Waals surface area contributed by atoms with Crippen molar-refractivity contribution < 1.29 is 18.3 Å². The van der Waals surface area contributed by atoms with Crippen LogP contribution in [0.2, 0.25) is 0 Å². The minimum atomic E-state index is -4.20. The van der Waals surface area contributed by atoms with Gasteiger partial charge < -0.3 is 5.11 Å². The molecule has 5 heteroatoms. The fraction of sp³-hybridized carbons (Fsp3) is 1.00. The quantitative estimate of drug-likeness (QED) is 0.753. The topological polar surface area (TPSA) is 23.5 Å². The molecular weight excluding hydrogens is 207 g/mol. The number of nitrogens with zero attached hydrogens (tertiary/aromatic N) is 1. The Bertz CT molecular complexity index is 171. The third-order valence-electron chi connectivity index (χ3n) is 2.18. The van der Waals surface area contributed by atoms with Gasteiger partial charge in [-0.1, -0.05) is 13.3 Å². The lowest BCUT2D eigenvalue weighted by atomic mass is 10.2. The lowest BCUT2D eigenvalue weighted by Crippen LogP contribution is -2.43. The molecule has 92 valence electrons. The van der Waals surface area contributed by atoms with Gasteiger partial charge in [-0.3, -0.25) is 4.90 Å². The highest BCUT2D eigenvalue weighted by Crippen LogP contribution is 2.18. The van der Waals surface area contributed by atoms with Crippen LogP contribution in [0.3, 0.4) is 0 Å². The molecule has 0 aliphatic rings. The van der Waals surface area contributed by atoms with Gasteiger partial charge in [0.1, 0.15) is 0 Å². The molecule has 0 fully saturated rings. The van der Waals surface area contributed by atoms with E-state index in [0.29, 0.717) is 6.42 Å². The molecule has 0 bridgehead atoms. The van der Waals surface area contributed by atoms with Crippen molar-refractivity contribution in [3.63, 3.8) is 0 Å². The van der Waals surface area contributed by atoms with E-state index in [1.165, 1.54) is 4.90 Å². The van der Waals surface area contributed by atoms with Gasteiger partial charge in [0.15, 0.2) is 0 Å². The average molecular weight is 227 g/mol. The first kappa shape index (κ1) is 14.7. The molecule has 1 N–H and O–H groups in total. The Hall–Kier alpha value is -0.290. The van der Waals surface area contributed by atoms with Crippen LogP contribution in [-0.4, -0.2) is 41.4 Å². The van der Waals surface area contributed by atoms with Crippen LogP contribution in [0.4, 0.5) is 13.2 Å². The van der Waals surface area contributed by atoms with Crippen LogP contribution >= 0.6 is 0 Å². The number of rotatable bonds is 6. The summed E-state index contributed by atoms with van der Waals surface area (Å²) in [6, 6.07) is -0.210. The maximum absolute atomic E-state index is 12.2. The number of hydrogen-bond donors (Lipinski definition) is 1. The lowest BCUT2D eigenvalue weighted by Gasteiger charge is -2.29. The Labute approximate surface area is 89.1 Å². The van der Waals surface area contributed by atoms with Gasteiger partial charge in [0.2, 0.25) is 0 Å². The molecule has 0 aromatic rings. The third kappa shape index (κ3) is 7.62. The van der Waals surface area contributed by atoms with Gasteiger partial charge in [-0.05, 0) is 20.3 Å². The first-order valence-electron chi connectivity index (χ1n) is 5.25. The molecule has 0 spiro atoms. The third-order valence-corrected chi connectivity index (χ3v) is 2.18. The standard InChI is InChI=1S/C10H20F3NO/c1-4-5-9(15)6-14(8(2)3)7-10(11,12)13/h8-9,15H,4-7H2,1-3H3. The molecule has 0 saturated heterocycles. The van der Waals surface area contributed by atoms with E-state index in [1.54, 1.807) is 13.8 Å². The zero-order valence-corrected chi connectivity index (χ0v) is 9.51. The molecule has 0 heterocycles. The summed E-state index contributed by atoms with van der Waals surface area (Å²) >= 11 is 0. The van der Waals surface area contributed by atoms with E-state index in [1.807, 2.05) is 6.92 Å². The van der Waals surface area contributed by atoms with E-state index in [0.717, 1.165) is 6.42 Å². The van der Waals surface area contributed by atoms with Gasteiger partial charge in [-0.25, -0.2) is 0 Å². The van der Waals surface area contributed by atoms with Crippen molar-refractivity contribution in [1.29, 1.82) is 0 Å². The van der Waals surface area contributed by atoms with Crippen molar-refractivity contribution in [2.75, 3.05) is 13.1 Å². The Morgan fingerprint density at radius 1 is 1.27 bits per heavy atom. The van der Waals surface area contributed by atoms with Crippen molar-refractivity contribution in [2.24, 2.45) is 0 Å². The van der Waals surface area contributed by atoms with Gasteiger partial charge >= 0.3 is 6.18 Å². The van der Waals surface area contributed by atoms with Crippen LogP contribution < -0.4 is 0 Å². The largest absolute Gasteiger partial charge is 0.401 e. The van der Waals surface area contributed by atoms with Crippen molar-refractivity contribution >= 4 is 0 Å². The summed E-state index contributed by atoms with van der Waals surface area (Å²) in [4.78, 5) is 1.25. The van der Waals surface area contributed by atoms with Crippen LogP contribution in [0.15, 0.2) is 0 Å². The zero-order chi connectivity index (χ0) is 12.1. The number of alkyl halides is 3. The van der Waals surface area contributed by atoms with Crippen molar-refractivity contribution in [1.82, 2.24) is 4.90 Å². The molecule has 1 unspecified atom stereocenters. The molecule has 2 nitrogen and oxygen atoms in total. The maximum atomic E-state index is 12.2.